The third-order valence-electron chi connectivity index (χ3n) is 4.37. The van der Waals surface area contributed by atoms with Crippen LogP contribution in [0.5, 0.6) is 11.5 Å². The third kappa shape index (κ3) is 6.11. The normalized spacial score (nSPS) is 14.5. The number of ether oxygens (including phenoxy) is 3. The van der Waals surface area contributed by atoms with Crippen molar-refractivity contribution >= 4 is 64.1 Å². The number of amides is 2. The largest absolute Gasteiger partial charge is 0.490 e. The molecule has 3 rings (SSSR count). The van der Waals surface area contributed by atoms with E-state index in [1.165, 1.54) is 30.3 Å². The zero-order valence-electron chi connectivity index (χ0n) is 18.1. The highest BCUT2D eigenvalue weighted by molar-refractivity contribution is 8.18. The lowest BCUT2D eigenvalue weighted by atomic mass is 10.1. The molecular weight excluding hydrogens is 505 g/mol. The fraction of sp³-hybridized carbons (Fsp3) is 0.217. The predicted molar refractivity (Wildman–Crippen MR) is 128 cm³/mol. The van der Waals surface area contributed by atoms with Crippen LogP contribution in [0.25, 0.3) is 6.08 Å². The summed E-state index contributed by atoms with van der Waals surface area (Å²) in [6.07, 6.45) is 1.44. The molecular formula is C23H19Cl2NO7S. The Hall–Kier alpha value is -3.01. The minimum Gasteiger partial charge on any atom is -0.490 e. The van der Waals surface area contributed by atoms with E-state index < -0.39 is 29.6 Å². The minimum atomic E-state index is -0.681. The second kappa shape index (κ2) is 11.4. The first-order valence-electron chi connectivity index (χ1n) is 10.1. The van der Waals surface area contributed by atoms with Gasteiger partial charge in [-0.25, -0.2) is 4.79 Å². The van der Waals surface area contributed by atoms with Crippen molar-refractivity contribution in [2.45, 2.75) is 13.8 Å². The molecule has 8 nitrogen and oxygen atoms in total. The number of nitrogens with zero attached hydrogens (tertiary/aromatic N) is 1. The molecule has 1 fully saturated rings. The second-order valence-electron chi connectivity index (χ2n) is 6.73. The Balaban J connectivity index is 1.86. The highest BCUT2D eigenvalue weighted by Gasteiger charge is 2.36. The van der Waals surface area contributed by atoms with Gasteiger partial charge in [0.15, 0.2) is 11.5 Å². The zero-order chi connectivity index (χ0) is 24.8. The summed E-state index contributed by atoms with van der Waals surface area (Å²) in [7, 11) is 0. The second-order valence-corrected chi connectivity index (χ2v) is 8.57. The van der Waals surface area contributed by atoms with E-state index in [1.807, 2.05) is 0 Å². The first-order valence-corrected chi connectivity index (χ1v) is 11.7. The molecule has 2 amide bonds. The Morgan fingerprint density at radius 1 is 1.06 bits per heavy atom. The summed E-state index contributed by atoms with van der Waals surface area (Å²) in [6.45, 7) is 3.29. The van der Waals surface area contributed by atoms with E-state index in [9.17, 15) is 19.2 Å². The molecule has 1 saturated heterocycles. The molecule has 0 saturated carbocycles. The standard InChI is InChI=1S/C23H19Cl2NO7S/c1-3-31-17-10-13(11-18-21(28)26(23(30)34-18)12-19(27)32-4-2)9-16(25)20(17)33-22(29)14-5-7-15(24)8-6-14/h5-11H,3-4,12H2,1-2H3/b18-11-. The number of carbonyl (C=O) groups excluding carboxylic acids is 4. The van der Waals surface area contributed by atoms with Crippen LogP contribution in [-0.4, -0.2) is 47.7 Å². The Labute approximate surface area is 209 Å². The van der Waals surface area contributed by atoms with Gasteiger partial charge in [0.1, 0.15) is 6.54 Å². The molecule has 178 valence electrons. The van der Waals surface area contributed by atoms with Crippen molar-refractivity contribution in [1.82, 2.24) is 4.90 Å². The summed E-state index contributed by atoms with van der Waals surface area (Å²) in [5.74, 6) is -1.78. The van der Waals surface area contributed by atoms with Gasteiger partial charge >= 0.3 is 11.9 Å². The van der Waals surface area contributed by atoms with Gasteiger partial charge in [0.25, 0.3) is 11.1 Å². The van der Waals surface area contributed by atoms with Crippen LogP contribution >= 0.6 is 35.0 Å². The van der Waals surface area contributed by atoms with E-state index in [2.05, 4.69) is 0 Å². The van der Waals surface area contributed by atoms with Crippen molar-refractivity contribution in [2.24, 2.45) is 0 Å². The average Bonchev–Trinajstić information content (AvgIpc) is 3.04. The minimum absolute atomic E-state index is 0.0102. The molecule has 0 spiro atoms. The molecule has 2 aromatic rings. The van der Waals surface area contributed by atoms with Crippen LogP contribution in [-0.2, 0) is 14.3 Å². The van der Waals surface area contributed by atoms with Crippen LogP contribution < -0.4 is 9.47 Å². The molecule has 0 unspecified atom stereocenters. The Morgan fingerprint density at radius 2 is 1.76 bits per heavy atom. The maximum absolute atomic E-state index is 12.6. The Kier molecular flexibility index (Phi) is 8.60. The van der Waals surface area contributed by atoms with E-state index in [0.29, 0.717) is 22.3 Å². The molecule has 2 aromatic carbocycles. The number of imide groups is 1. The van der Waals surface area contributed by atoms with Crippen LogP contribution in [0.15, 0.2) is 41.3 Å². The van der Waals surface area contributed by atoms with Gasteiger partial charge < -0.3 is 14.2 Å². The van der Waals surface area contributed by atoms with Gasteiger partial charge in [-0.1, -0.05) is 23.2 Å². The lowest BCUT2D eigenvalue weighted by molar-refractivity contribution is -0.145. The highest BCUT2D eigenvalue weighted by Crippen LogP contribution is 2.39. The van der Waals surface area contributed by atoms with E-state index in [1.54, 1.807) is 26.0 Å². The van der Waals surface area contributed by atoms with Gasteiger partial charge in [0.05, 0.1) is 28.7 Å². The molecule has 34 heavy (non-hydrogen) atoms. The summed E-state index contributed by atoms with van der Waals surface area (Å²) in [4.78, 5) is 49.9. The van der Waals surface area contributed by atoms with Gasteiger partial charge in [-0.3, -0.25) is 19.3 Å². The van der Waals surface area contributed by atoms with E-state index >= 15 is 0 Å². The van der Waals surface area contributed by atoms with Gasteiger partial charge in [0.2, 0.25) is 0 Å². The molecule has 11 heteroatoms. The monoisotopic (exact) mass is 523 g/mol. The summed E-state index contributed by atoms with van der Waals surface area (Å²) < 4.78 is 15.8. The predicted octanol–water partition coefficient (Wildman–Crippen LogP) is 5.21. The highest BCUT2D eigenvalue weighted by atomic mass is 35.5. The van der Waals surface area contributed by atoms with Crippen LogP contribution in [0.2, 0.25) is 10.0 Å². The van der Waals surface area contributed by atoms with E-state index in [0.717, 1.165) is 4.90 Å². The van der Waals surface area contributed by atoms with Gasteiger partial charge in [-0.05, 0) is 73.6 Å². The number of hydrogen-bond donors (Lipinski definition) is 0. The first kappa shape index (κ1) is 25.6. The summed E-state index contributed by atoms with van der Waals surface area (Å²) in [5, 5.41) is -0.0557. The number of rotatable bonds is 8. The first-order chi connectivity index (χ1) is 16.2. The summed E-state index contributed by atoms with van der Waals surface area (Å²) >= 11 is 12.9. The summed E-state index contributed by atoms with van der Waals surface area (Å²) in [6, 6.07) is 9.13. The average molecular weight is 524 g/mol. The molecule has 1 heterocycles. The number of benzene rings is 2. The van der Waals surface area contributed by atoms with Crippen molar-refractivity contribution in [3.05, 3.63) is 62.5 Å². The maximum Gasteiger partial charge on any atom is 0.343 e. The van der Waals surface area contributed by atoms with Gasteiger partial charge in [0, 0.05) is 5.02 Å². The third-order valence-corrected chi connectivity index (χ3v) is 5.81. The molecule has 0 radical (unpaired) electrons. The number of carbonyl (C=O) groups is 4. The molecule has 0 N–H and O–H groups in total. The molecule has 0 aliphatic carbocycles. The van der Waals surface area contributed by atoms with Crippen molar-refractivity contribution in [3.63, 3.8) is 0 Å². The smallest absolute Gasteiger partial charge is 0.343 e. The molecule has 1 aliphatic rings. The van der Waals surface area contributed by atoms with Crippen molar-refractivity contribution in [2.75, 3.05) is 19.8 Å². The molecule has 0 atom stereocenters. The van der Waals surface area contributed by atoms with E-state index in [4.69, 9.17) is 37.4 Å². The zero-order valence-corrected chi connectivity index (χ0v) is 20.5. The van der Waals surface area contributed by atoms with Crippen molar-refractivity contribution in [3.8, 4) is 11.5 Å². The quantitative estimate of drug-likeness (QED) is 0.264. The van der Waals surface area contributed by atoms with Crippen molar-refractivity contribution in [1.29, 1.82) is 0 Å². The van der Waals surface area contributed by atoms with Crippen molar-refractivity contribution < 1.29 is 33.4 Å². The lowest BCUT2D eigenvalue weighted by Crippen LogP contribution is -2.34. The number of thioether (sulfide) groups is 1. The number of hydrogen-bond acceptors (Lipinski definition) is 8. The summed E-state index contributed by atoms with van der Waals surface area (Å²) in [5.41, 5.74) is 0.698. The van der Waals surface area contributed by atoms with E-state index in [-0.39, 0.29) is 40.2 Å². The van der Waals surface area contributed by atoms with Crippen LogP contribution in [0.4, 0.5) is 4.79 Å². The molecule has 1 aliphatic heterocycles. The van der Waals surface area contributed by atoms with Gasteiger partial charge in [-0.2, -0.15) is 0 Å². The number of esters is 2. The number of halogens is 2. The topological polar surface area (TPSA) is 99.2 Å². The fourth-order valence-corrected chi connectivity index (χ4v) is 4.12. The Morgan fingerprint density at radius 3 is 2.41 bits per heavy atom. The lowest BCUT2D eigenvalue weighted by Gasteiger charge is -2.13. The van der Waals surface area contributed by atoms with Crippen LogP contribution in [0.1, 0.15) is 29.8 Å². The molecule has 0 bridgehead atoms. The molecule has 0 aromatic heterocycles. The maximum atomic E-state index is 12.6. The Bertz CT molecular complexity index is 1160. The van der Waals surface area contributed by atoms with Gasteiger partial charge in [-0.15, -0.1) is 0 Å². The SMILES string of the molecule is CCOC(=O)CN1C(=O)S/C(=C\c2cc(Cl)c(OC(=O)c3ccc(Cl)cc3)c(OCC)c2)C1=O. The van der Waals surface area contributed by atoms with Crippen LogP contribution in [0.3, 0.4) is 0 Å². The fourth-order valence-electron chi connectivity index (χ4n) is 2.89. The van der Waals surface area contributed by atoms with Crippen LogP contribution in [0, 0.1) is 0 Å².